The average Bonchev–Trinajstić information content (AvgIpc) is 3.61. The number of fused-ring (bicyclic) bond motifs is 2. The van der Waals surface area contributed by atoms with E-state index in [4.69, 9.17) is 17.2 Å². The summed E-state index contributed by atoms with van der Waals surface area (Å²) in [4.78, 5) is 42.7. The lowest BCUT2D eigenvalue weighted by molar-refractivity contribution is -0.385. The Balaban J connectivity index is 0.000000162. The van der Waals surface area contributed by atoms with Gasteiger partial charge in [-0.05, 0) is 69.1 Å². The van der Waals surface area contributed by atoms with Gasteiger partial charge in [-0.15, -0.1) is 0 Å². The van der Waals surface area contributed by atoms with Gasteiger partial charge in [0, 0.05) is 74.5 Å². The van der Waals surface area contributed by atoms with Gasteiger partial charge in [0.15, 0.2) is 0 Å². The number of nitrogen functional groups attached to an aromatic ring is 1. The molecule has 2 aromatic carbocycles. The van der Waals surface area contributed by atoms with Crippen molar-refractivity contribution in [2.45, 2.75) is 37.8 Å². The summed E-state index contributed by atoms with van der Waals surface area (Å²) in [6.45, 7) is 8.27. The van der Waals surface area contributed by atoms with Crippen LogP contribution in [0.4, 0.5) is 22.7 Å². The van der Waals surface area contributed by atoms with Crippen LogP contribution in [-0.4, -0.2) is 91.0 Å². The minimum Gasteiger partial charge on any atom is -0.398 e. The second-order valence-electron chi connectivity index (χ2n) is 11.0. The molecule has 12 heteroatoms. The monoisotopic (exact) mass is 550 g/mol. The second-order valence-corrected chi connectivity index (χ2v) is 11.0. The Labute approximate surface area is 233 Å². The Hall–Kier alpha value is -3.90. The average molecular weight is 551 g/mol. The zero-order valence-electron chi connectivity index (χ0n) is 22.7. The lowest BCUT2D eigenvalue weighted by atomic mass is 10.1. The molecule has 4 aliphatic heterocycles. The van der Waals surface area contributed by atoms with Crippen molar-refractivity contribution < 1.29 is 14.5 Å². The number of piperazine rings is 2. The predicted octanol–water partition coefficient (Wildman–Crippen LogP) is 1.63. The molecule has 0 aliphatic carbocycles. The number of benzene rings is 2. The number of amides is 2. The van der Waals surface area contributed by atoms with Crippen molar-refractivity contribution in [3.05, 3.63) is 57.6 Å². The van der Waals surface area contributed by atoms with Crippen LogP contribution in [-0.2, 0) is 0 Å². The molecule has 12 nitrogen and oxygen atoms in total. The highest BCUT2D eigenvalue weighted by molar-refractivity contribution is 5.99. The Morgan fingerprint density at radius 2 is 1.25 bits per heavy atom. The summed E-state index contributed by atoms with van der Waals surface area (Å²) < 4.78 is 0. The number of hydrogen-bond donors (Lipinski definition) is 3. The van der Waals surface area contributed by atoms with Crippen LogP contribution in [0.3, 0.4) is 0 Å². The van der Waals surface area contributed by atoms with Crippen LogP contribution >= 0.6 is 0 Å². The van der Waals surface area contributed by atoms with E-state index in [-0.39, 0.29) is 11.3 Å². The van der Waals surface area contributed by atoms with Crippen molar-refractivity contribution in [1.29, 1.82) is 0 Å². The number of anilines is 3. The van der Waals surface area contributed by atoms with Crippen molar-refractivity contribution >= 4 is 34.6 Å². The molecule has 4 saturated heterocycles. The molecule has 6 N–H and O–H groups in total. The van der Waals surface area contributed by atoms with Gasteiger partial charge in [-0.25, -0.2) is 0 Å². The molecule has 4 heterocycles. The highest BCUT2D eigenvalue weighted by Gasteiger charge is 2.32. The minimum absolute atomic E-state index is 0.0219. The third-order valence-electron chi connectivity index (χ3n) is 8.65. The van der Waals surface area contributed by atoms with Crippen LogP contribution in [0.2, 0.25) is 0 Å². The van der Waals surface area contributed by atoms with E-state index in [1.54, 1.807) is 18.2 Å². The Morgan fingerprint density at radius 3 is 1.75 bits per heavy atom. The fraction of sp³-hybridized carbons (Fsp3) is 0.500. The number of rotatable bonds is 5. The maximum atomic E-state index is 11.4. The Morgan fingerprint density at radius 1 is 0.750 bits per heavy atom. The van der Waals surface area contributed by atoms with Gasteiger partial charge >= 0.3 is 0 Å². The van der Waals surface area contributed by atoms with Crippen LogP contribution in [0, 0.1) is 10.1 Å². The fourth-order valence-electron chi connectivity index (χ4n) is 6.48. The van der Waals surface area contributed by atoms with Crippen LogP contribution < -0.4 is 27.0 Å². The van der Waals surface area contributed by atoms with E-state index in [9.17, 15) is 19.7 Å². The van der Waals surface area contributed by atoms with Gasteiger partial charge < -0.3 is 27.0 Å². The van der Waals surface area contributed by atoms with Crippen LogP contribution in [0.15, 0.2) is 36.4 Å². The number of nitro benzene ring substituents is 1. The van der Waals surface area contributed by atoms with E-state index in [1.165, 1.54) is 38.3 Å². The normalized spacial score (nSPS) is 22.7. The molecule has 6 rings (SSSR count). The summed E-state index contributed by atoms with van der Waals surface area (Å²) in [5, 5.41) is 10.9. The quantitative estimate of drug-likeness (QED) is 0.285. The first kappa shape index (κ1) is 27.7. The van der Waals surface area contributed by atoms with Gasteiger partial charge in [-0.1, -0.05) is 0 Å². The molecule has 40 heavy (non-hydrogen) atoms. The number of nitrogens with two attached hydrogens (primary N) is 3. The number of hydrogen-bond acceptors (Lipinski definition) is 9. The topological polar surface area (TPSA) is 168 Å². The molecule has 4 fully saturated rings. The lowest BCUT2D eigenvalue weighted by Crippen LogP contribution is -2.50. The third kappa shape index (κ3) is 5.82. The van der Waals surface area contributed by atoms with Crippen molar-refractivity contribution in [2.75, 3.05) is 67.9 Å². The molecular formula is C28H38N8O4. The van der Waals surface area contributed by atoms with Gasteiger partial charge in [-0.2, -0.15) is 0 Å². The summed E-state index contributed by atoms with van der Waals surface area (Å²) in [7, 11) is 0. The van der Waals surface area contributed by atoms with Gasteiger partial charge in [0.2, 0.25) is 0 Å². The van der Waals surface area contributed by atoms with E-state index in [0.717, 1.165) is 57.2 Å². The minimum atomic E-state index is -0.761. The molecule has 2 aromatic rings. The molecule has 0 aromatic heterocycles. The van der Waals surface area contributed by atoms with Crippen LogP contribution in [0.5, 0.6) is 0 Å². The number of nitro groups is 1. The van der Waals surface area contributed by atoms with Gasteiger partial charge in [0.05, 0.1) is 10.5 Å². The van der Waals surface area contributed by atoms with Crippen molar-refractivity contribution in [3.8, 4) is 0 Å². The Kier molecular flexibility index (Phi) is 8.08. The van der Waals surface area contributed by atoms with Crippen molar-refractivity contribution in [2.24, 2.45) is 11.5 Å². The summed E-state index contributed by atoms with van der Waals surface area (Å²) in [6, 6.07) is 11.4. The molecule has 214 valence electrons. The van der Waals surface area contributed by atoms with Crippen LogP contribution in [0.1, 0.15) is 46.4 Å². The Bertz CT molecular complexity index is 1290. The predicted molar refractivity (Wildman–Crippen MR) is 155 cm³/mol. The highest BCUT2D eigenvalue weighted by Crippen LogP contribution is 2.30. The molecule has 2 amide bonds. The van der Waals surface area contributed by atoms with Crippen molar-refractivity contribution in [1.82, 2.24) is 9.80 Å². The molecule has 2 atom stereocenters. The van der Waals surface area contributed by atoms with Gasteiger partial charge in [0.25, 0.3) is 17.5 Å². The summed E-state index contributed by atoms with van der Waals surface area (Å²) in [5.74, 6) is -1.22. The number of carbonyl (C=O) groups is 2. The first-order chi connectivity index (χ1) is 19.2. The van der Waals surface area contributed by atoms with E-state index >= 15 is 0 Å². The molecule has 0 saturated carbocycles. The molecule has 4 aliphatic rings. The van der Waals surface area contributed by atoms with E-state index < -0.39 is 16.7 Å². The summed E-state index contributed by atoms with van der Waals surface area (Å²) in [6.07, 6.45) is 4.98. The molecule has 0 spiro atoms. The SMILES string of the molecule is NC(=O)c1cc(N2CCN3CCC[C@@H]3C2)ccc1N.NC(=O)c1cc(N2CCN3CCC[C@@H]3C2)ccc1[N+](=O)[O-]. The second kappa shape index (κ2) is 11.7. The fourth-order valence-corrected chi connectivity index (χ4v) is 6.48. The molecule has 0 bridgehead atoms. The maximum absolute atomic E-state index is 11.4. The summed E-state index contributed by atoms with van der Waals surface area (Å²) >= 11 is 0. The standard InChI is InChI=1S/C14H18N4O3.C14H20N4O/c15-14(19)12-8-10(3-4-13(12)18(20)21)17-7-6-16-5-1-2-11(16)9-17;15-13-4-3-10(8-12(13)14(16)19)18-7-6-17-5-1-2-11(17)9-18/h3-4,8,11H,1-2,5-7,9H2,(H2,15,19);3-4,8,11H,1-2,5-7,9,15H2,(H2,16,19)/t2*11-/m11/s1. The zero-order chi connectivity index (χ0) is 28.4. The smallest absolute Gasteiger partial charge is 0.282 e. The largest absolute Gasteiger partial charge is 0.398 e. The van der Waals surface area contributed by atoms with E-state index in [0.29, 0.717) is 23.3 Å². The third-order valence-corrected chi connectivity index (χ3v) is 8.65. The highest BCUT2D eigenvalue weighted by atomic mass is 16.6. The zero-order valence-corrected chi connectivity index (χ0v) is 22.7. The first-order valence-electron chi connectivity index (χ1n) is 14.0. The van der Waals surface area contributed by atoms with Crippen LogP contribution in [0.25, 0.3) is 0 Å². The maximum Gasteiger partial charge on any atom is 0.282 e. The number of nitrogens with zero attached hydrogens (tertiary/aromatic N) is 5. The van der Waals surface area contributed by atoms with E-state index in [2.05, 4.69) is 19.6 Å². The van der Waals surface area contributed by atoms with E-state index in [1.807, 2.05) is 12.1 Å². The van der Waals surface area contributed by atoms with Crippen molar-refractivity contribution in [3.63, 3.8) is 0 Å². The molecule has 0 unspecified atom stereocenters. The first-order valence-corrected chi connectivity index (χ1v) is 14.0. The number of primary amides is 2. The van der Waals surface area contributed by atoms with Gasteiger partial charge in [0.1, 0.15) is 5.56 Å². The lowest BCUT2D eigenvalue weighted by Gasteiger charge is -2.39. The molecular weight excluding hydrogens is 512 g/mol. The molecule has 0 radical (unpaired) electrons. The van der Waals surface area contributed by atoms with Gasteiger partial charge in [-0.3, -0.25) is 29.5 Å². The summed E-state index contributed by atoms with van der Waals surface area (Å²) in [5.41, 5.74) is 18.9. The number of carbonyl (C=O) groups excluding carboxylic acids is 2.